The molecule has 126 valence electrons. The smallest absolute Gasteiger partial charge is 0.240 e. The highest BCUT2D eigenvalue weighted by Crippen LogP contribution is 2.30. The van der Waals surface area contributed by atoms with Crippen molar-refractivity contribution in [2.75, 3.05) is 18.0 Å². The summed E-state index contributed by atoms with van der Waals surface area (Å²) in [5.41, 5.74) is 5.04. The van der Waals surface area contributed by atoms with Crippen LogP contribution in [0.15, 0.2) is 12.1 Å². The van der Waals surface area contributed by atoms with Crippen LogP contribution in [-0.2, 0) is 16.0 Å². The Labute approximate surface area is 139 Å². The number of ketones is 1. The molecule has 0 spiro atoms. The molecule has 1 aromatic rings. The third-order valence-electron chi connectivity index (χ3n) is 4.54. The van der Waals surface area contributed by atoms with Crippen molar-refractivity contribution >= 4 is 17.4 Å². The normalized spacial score (nSPS) is 15.3. The molecule has 4 nitrogen and oxygen atoms in total. The molecule has 1 heterocycles. The second-order valence-electron chi connectivity index (χ2n) is 7.00. The first kappa shape index (κ1) is 17.5. The summed E-state index contributed by atoms with van der Waals surface area (Å²) in [6.45, 7) is 10.9. The summed E-state index contributed by atoms with van der Waals surface area (Å²) in [4.78, 5) is 26.2. The molecule has 0 fully saturated rings. The Kier molecular flexibility index (Phi) is 5.45. The van der Waals surface area contributed by atoms with Gasteiger partial charge >= 0.3 is 0 Å². The number of hydrogen-bond acceptors (Lipinski definition) is 3. The molecule has 2 rings (SSSR count). The lowest BCUT2D eigenvalue weighted by atomic mass is 9.95. The van der Waals surface area contributed by atoms with E-state index in [4.69, 9.17) is 0 Å². The molecule has 0 unspecified atom stereocenters. The molecule has 1 amide bonds. The van der Waals surface area contributed by atoms with E-state index in [1.54, 1.807) is 0 Å². The van der Waals surface area contributed by atoms with Crippen LogP contribution in [-0.4, -0.2) is 30.8 Å². The molecule has 1 aliphatic heterocycles. The van der Waals surface area contributed by atoms with Gasteiger partial charge in [-0.3, -0.25) is 9.59 Å². The van der Waals surface area contributed by atoms with Crippen LogP contribution in [0.25, 0.3) is 0 Å². The number of Topliss-reactive ketones (excluding diaryl/α,β-unsaturated/α-hetero) is 1. The van der Waals surface area contributed by atoms with Crippen molar-refractivity contribution in [2.24, 2.45) is 5.92 Å². The number of rotatable bonds is 5. The van der Waals surface area contributed by atoms with Gasteiger partial charge in [0.1, 0.15) is 0 Å². The van der Waals surface area contributed by atoms with Gasteiger partial charge in [0, 0.05) is 12.2 Å². The van der Waals surface area contributed by atoms with Gasteiger partial charge in [-0.2, -0.15) is 0 Å². The largest absolute Gasteiger partial charge is 0.362 e. The number of carbonyl (C=O) groups is 2. The number of carbonyl (C=O) groups excluding carboxylic acids is 2. The molecule has 23 heavy (non-hydrogen) atoms. The van der Waals surface area contributed by atoms with Crippen LogP contribution in [0.4, 0.5) is 5.69 Å². The standard InChI is InChI=1S/C19H28N2O2/c1-12(2)19(15(5)22)20-18(23)11-21-8-6-7-16-14(4)9-13(3)10-17(16)21/h9-10,12,19H,6-8,11H2,1-5H3,(H,20,23)/t19-/m1/s1. The van der Waals surface area contributed by atoms with Crippen molar-refractivity contribution in [3.05, 3.63) is 28.8 Å². The van der Waals surface area contributed by atoms with Crippen molar-refractivity contribution in [3.63, 3.8) is 0 Å². The summed E-state index contributed by atoms with van der Waals surface area (Å²) in [5.74, 6) is 0.0413. The van der Waals surface area contributed by atoms with Crippen LogP contribution in [0.1, 0.15) is 43.9 Å². The lowest BCUT2D eigenvalue weighted by Gasteiger charge is -2.33. The minimum Gasteiger partial charge on any atom is -0.362 e. The van der Waals surface area contributed by atoms with Gasteiger partial charge in [-0.1, -0.05) is 19.9 Å². The SMILES string of the molecule is CC(=O)[C@H](NC(=O)CN1CCCc2c(C)cc(C)cc21)C(C)C. The number of anilines is 1. The Morgan fingerprint density at radius 1 is 1.26 bits per heavy atom. The van der Waals surface area contributed by atoms with Gasteiger partial charge in [0.15, 0.2) is 5.78 Å². The predicted octanol–water partition coefficient (Wildman–Crippen LogP) is 2.79. The van der Waals surface area contributed by atoms with E-state index in [2.05, 4.69) is 36.2 Å². The van der Waals surface area contributed by atoms with Gasteiger partial charge in [0.25, 0.3) is 0 Å². The topological polar surface area (TPSA) is 49.4 Å². The van der Waals surface area contributed by atoms with Crippen molar-refractivity contribution in [3.8, 4) is 0 Å². The molecule has 0 aliphatic carbocycles. The zero-order valence-corrected chi connectivity index (χ0v) is 14.9. The van der Waals surface area contributed by atoms with Crippen molar-refractivity contribution in [2.45, 2.75) is 53.5 Å². The number of nitrogens with one attached hydrogen (secondary N) is 1. The molecule has 0 radical (unpaired) electrons. The summed E-state index contributed by atoms with van der Waals surface area (Å²) in [6, 6.07) is 3.97. The third kappa shape index (κ3) is 4.12. The maximum Gasteiger partial charge on any atom is 0.240 e. The molecule has 1 aromatic carbocycles. The van der Waals surface area contributed by atoms with Crippen molar-refractivity contribution in [1.82, 2.24) is 5.32 Å². The maximum atomic E-state index is 12.4. The first-order valence-corrected chi connectivity index (χ1v) is 8.44. The zero-order valence-electron chi connectivity index (χ0n) is 14.9. The number of amides is 1. The van der Waals surface area contributed by atoms with Crippen LogP contribution in [0, 0.1) is 19.8 Å². The summed E-state index contributed by atoms with van der Waals surface area (Å²) in [6.07, 6.45) is 2.13. The number of aryl methyl sites for hydroxylation is 2. The summed E-state index contributed by atoms with van der Waals surface area (Å²) >= 11 is 0. The van der Waals surface area contributed by atoms with Crippen molar-refractivity contribution in [1.29, 1.82) is 0 Å². The molecule has 0 saturated carbocycles. The van der Waals surface area contributed by atoms with Crippen molar-refractivity contribution < 1.29 is 9.59 Å². The van der Waals surface area contributed by atoms with Crippen LogP contribution in [0.5, 0.6) is 0 Å². The van der Waals surface area contributed by atoms with E-state index in [1.807, 2.05) is 13.8 Å². The minimum absolute atomic E-state index is 0.0130. The van der Waals surface area contributed by atoms with E-state index >= 15 is 0 Å². The van der Waals surface area contributed by atoms with Gasteiger partial charge in [0.2, 0.25) is 5.91 Å². The van der Waals surface area contributed by atoms with E-state index in [0.29, 0.717) is 6.54 Å². The second-order valence-corrected chi connectivity index (χ2v) is 7.00. The van der Waals surface area contributed by atoms with Gasteiger partial charge in [-0.05, 0) is 62.3 Å². The van der Waals surface area contributed by atoms with E-state index in [-0.39, 0.29) is 17.6 Å². The summed E-state index contributed by atoms with van der Waals surface area (Å²) < 4.78 is 0. The minimum atomic E-state index is -0.397. The van der Waals surface area contributed by atoms with E-state index in [9.17, 15) is 9.59 Å². The van der Waals surface area contributed by atoms with Gasteiger partial charge in [0.05, 0.1) is 12.6 Å². The summed E-state index contributed by atoms with van der Waals surface area (Å²) in [7, 11) is 0. The van der Waals surface area contributed by atoms with Gasteiger partial charge in [-0.25, -0.2) is 0 Å². The zero-order chi connectivity index (χ0) is 17.1. The highest BCUT2D eigenvalue weighted by Gasteiger charge is 2.24. The fourth-order valence-corrected chi connectivity index (χ4v) is 3.44. The monoisotopic (exact) mass is 316 g/mol. The lowest BCUT2D eigenvalue weighted by molar-refractivity contribution is -0.127. The fourth-order valence-electron chi connectivity index (χ4n) is 3.44. The first-order chi connectivity index (χ1) is 10.8. The fraction of sp³-hybridized carbons (Fsp3) is 0.579. The number of nitrogens with zero attached hydrogens (tertiary/aromatic N) is 1. The Bertz CT molecular complexity index is 608. The number of fused-ring (bicyclic) bond motifs is 1. The summed E-state index contributed by atoms with van der Waals surface area (Å²) in [5, 5.41) is 2.89. The molecule has 1 N–H and O–H groups in total. The third-order valence-corrected chi connectivity index (χ3v) is 4.54. The van der Waals surface area contributed by atoms with Crippen LogP contribution >= 0.6 is 0 Å². The Hall–Kier alpha value is -1.84. The van der Waals surface area contributed by atoms with E-state index < -0.39 is 6.04 Å². The highest BCUT2D eigenvalue weighted by molar-refractivity contribution is 5.89. The molecule has 1 aliphatic rings. The van der Waals surface area contributed by atoms with Gasteiger partial charge in [-0.15, -0.1) is 0 Å². The Morgan fingerprint density at radius 3 is 2.57 bits per heavy atom. The Balaban J connectivity index is 2.13. The average Bonchev–Trinajstić information content (AvgIpc) is 2.45. The van der Waals surface area contributed by atoms with Crippen LogP contribution in [0.2, 0.25) is 0 Å². The molecule has 1 atom stereocenters. The average molecular weight is 316 g/mol. The first-order valence-electron chi connectivity index (χ1n) is 8.44. The molecule has 0 saturated heterocycles. The van der Waals surface area contributed by atoms with E-state index in [1.165, 1.54) is 29.3 Å². The Morgan fingerprint density at radius 2 is 1.96 bits per heavy atom. The lowest BCUT2D eigenvalue weighted by Crippen LogP contribution is -2.48. The van der Waals surface area contributed by atoms with Crippen LogP contribution in [0.3, 0.4) is 0 Å². The molecular formula is C19H28N2O2. The quantitative estimate of drug-likeness (QED) is 0.909. The molecule has 0 aromatic heterocycles. The van der Waals surface area contributed by atoms with E-state index in [0.717, 1.165) is 19.4 Å². The molecule has 4 heteroatoms. The maximum absolute atomic E-state index is 12.4. The highest BCUT2D eigenvalue weighted by atomic mass is 16.2. The second kappa shape index (κ2) is 7.16. The molecular weight excluding hydrogens is 288 g/mol. The molecule has 0 bridgehead atoms. The number of benzene rings is 1. The predicted molar refractivity (Wildman–Crippen MR) is 93.9 cm³/mol. The van der Waals surface area contributed by atoms with Crippen LogP contribution < -0.4 is 10.2 Å². The van der Waals surface area contributed by atoms with Gasteiger partial charge < -0.3 is 10.2 Å². The number of hydrogen-bond donors (Lipinski definition) is 1.